The quantitative estimate of drug-likeness (QED) is 0.339. The van der Waals surface area contributed by atoms with Crippen molar-refractivity contribution in [2.75, 3.05) is 18.5 Å². The van der Waals surface area contributed by atoms with E-state index in [1.807, 2.05) is 22.6 Å². The van der Waals surface area contributed by atoms with Crippen molar-refractivity contribution in [3.05, 3.63) is 49.2 Å². The number of aliphatic hydroxyl groups excluding tert-OH is 1. The molecule has 0 aliphatic heterocycles. The molecule has 2 rings (SSSR count). The van der Waals surface area contributed by atoms with Crippen molar-refractivity contribution in [1.29, 1.82) is 0 Å². The zero-order valence-electron chi connectivity index (χ0n) is 13.5. The number of halogens is 2. The molecule has 1 heterocycles. The number of hydrogen-bond donors (Lipinski definition) is 3. The summed E-state index contributed by atoms with van der Waals surface area (Å²) in [6.07, 6.45) is 0. The molecule has 0 atom stereocenters. The lowest BCUT2D eigenvalue weighted by Gasteiger charge is -2.15. The number of aryl methyl sites for hydroxylation is 1. The molecule has 25 heavy (non-hydrogen) atoms. The molecule has 0 unspecified atom stereocenters. The van der Waals surface area contributed by atoms with Crippen molar-refractivity contribution in [1.82, 2.24) is 15.3 Å². The van der Waals surface area contributed by atoms with Gasteiger partial charge in [0.2, 0.25) is 0 Å². The number of nitrogens with one attached hydrogen (secondary N) is 2. The summed E-state index contributed by atoms with van der Waals surface area (Å²) in [5.41, 5.74) is 1.91. The number of aliphatic hydroxyl groups is 1. The summed E-state index contributed by atoms with van der Waals surface area (Å²) in [5, 5.41) is 15.4. The minimum absolute atomic E-state index is 0.0771. The van der Waals surface area contributed by atoms with Gasteiger partial charge in [0.15, 0.2) is 5.69 Å². The molecule has 0 aliphatic rings. The normalized spacial score (nSPS) is 10.6. The minimum Gasteiger partial charge on any atom is -0.394 e. The molecule has 0 saturated heterocycles. The average Bonchev–Trinajstić information content (AvgIpc) is 2.57. The van der Waals surface area contributed by atoms with E-state index in [4.69, 9.17) is 9.94 Å². The smallest absolute Gasteiger partial charge is 0.297 e. The molecule has 0 radical (unpaired) electrons. The lowest BCUT2D eigenvalue weighted by Crippen LogP contribution is -2.32. The molecular weight excluding hydrogens is 446 g/mol. The second kappa shape index (κ2) is 8.36. The van der Waals surface area contributed by atoms with E-state index in [1.54, 1.807) is 6.07 Å². The Hall–Kier alpha value is -2.05. The molecule has 134 valence electrons. The van der Waals surface area contributed by atoms with E-state index in [-0.39, 0.29) is 35.8 Å². The van der Waals surface area contributed by atoms with Crippen LogP contribution in [0.3, 0.4) is 0 Å². The zero-order chi connectivity index (χ0) is 18.6. The van der Waals surface area contributed by atoms with Crippen LogP contribution >= 0.6 is 22.6 Å². The summed E-state index contributed by atoms with van der Waals surface area (Å²) in [5.74, 6) is -1.27. The fraction of sp³-hybridized carbons (Fsp3) is 0.267. The van der Waals surface area contributed by atoms with Gasteiger partial charge in [0.25, 0.3) is 11.5 Å². The summed E-state index contributed by atoms with van der Waals surface area (Å²) >= 11 is 1.97. The van der Waals surface area contributed by atoms with Crippen LogP contribution in [-0.4, -0.2) is 34.0 Å². The number of aromatic nitrogens is 2. The first-order valence-electron chi connectivity index (χ1n) is 7.18. The van der Waals surface area contributed by atoms with Crippen molar-refractivity contribution in [2.45, 2.75) is 6.92 Å². The van der Waals surface area contributed by atoms with Gasteiger partial charge >= 0.3 is 0 Å². The zero-order valence-corrected chi connectivity index (χ0v) is 15.6. The highest BCUT2D eigenvalue weighted by Crippen LogP contribution is 2.25. The standard InChI is InChI=1S/C15H16FIN4O4/c1-8-12(18-11-4-3-9(17)7-10(11)16)13(19-21(2)15(8)24)14(23)20-25-6-5-22/h3-4,7,18,22H,5-6H2,1-2H3,(H,20,23). The Balaban J connectivity index is 2.45. The van der Waals surface area contributed by atoms with Crippen molar-refractivity contribution >= 4 is 39.9 Å². The number of hydroxylamine groups is 1. The van der Waals surface area contributed by atoms with E-state index in [1.165, 1.54) is 26.1 Å². The summed E-state index contributed by atoms with van der Waals surface area (Å²) in [7, 11) is 1.40. The van der Waals surface area contributed by atoms with Crippen LogP contribution in [0.5, 0.6) is 0 Å². The topological polar surface area (TPSA) is 105 Å². The Morgan fingerprint density at radius 1 is 1.48 bits per heavy atom. The van der Waals surface area contributed by atoms with Gasteiger partial charge in [-0.2, -0.15) is 5.10 Å². The molecule has 0 saturated carbocycles. The number of anilines is 2. The molecule has 3 N–H and O–H groups in total. The Morgan fingerprint density at radius 2 is 2.20 bits per heavy atom. The molecule has 0 bridgehead atoms. The summed E-state index contributed by atoms with van der Waals surface area (Å²) in [6.45, 7) is 1.12. The van der Waals surface area contributed by atoms with E-state index in [0.717, 1.165) is 4.68 Å². The van der Waals surface area contributed by atoms with E-state index in [9.17, 15) is 14.0 Å². The summed E-state index contributed by atoms with van der Waals surface area (Å²) < 4.78 is 15.8. The lowest BCUT2D eigenvalue weighted by molar-refractivity contribution is 0.0164. The van der Waals surface area contributed by atoms with Gasteiger partial charge in [0.05, 0.1) is 24.6 Å². The second-order valence-corrected chi connectivity index (χ2v) is 6.28. The third kappa shape index (κ3) is 4.52. The number of rotatable bonds is 6. The maximum absolute atomic E-state index is 14.1. The van der Waals surface area contributed by atoms with Gasteiger partial charge in [-0.25, -0.2) is 14.6 Å². The van der Waals surface area contributed by atoms with Crippen LogP contribution in [0.25, 0.3) is 0 Å². The fourth-order valence-corrected chi connectivity index (χ4v) is 2.47. The molecule has 0 fully saturated rings. The van der Waals surface area contributed by atoms with Crippen molar-refractivity contribution in [3.63, 3.8) is 0 Å². The Morgan fingerprint density at radius 3 is 2.84 bits per heavy atom. The number of nitrogens with zero attached hydrogens (tertiary/aromatic N) is 2. The molecule has 8 nitrogen and oxygen atoms in total. The number of benzene rings is 1. The van der Waals surface area contributed by atoms with Gasteiger partial charge in [-0.3, -0.25) is 14.4 Å². The Bertz CT molecular complexity index is 856. The van der Waals surface area contributed by atoms with E-state index in [0.29, 0.717) is 3.57 Å². The van der Waals surface area contributed by atoms with Crippen molar-refractivity contribution in [2.24, 2.45) is 7.05 Å². The number of carbonyl (C=O) groups excluding carboxylic acids is 1. The number of hydrogen-bond acceptors (Lipinski definition) is 6. The fourth-order valence-electron chi connectivity index (χ4n) is 2.02. The second-order valence-electron chi connectivity index (χ2n) is 5.03. The Labute approximate surface area is 156 Å². The molecule has 1 aromatic carbocycles. The Kier molecular flexibility index (Phi) is 6.45. The molecule has 1 amide bonds. The van der Waals surface area contributed by atoms with Crippen molar-refractivity contribution < 1.29 is 19.1 Å². The van der Waals surface area contributed by atoms with Gasteiger partial charge < -0.3 is 10.4 Å². The van der Waals surface area contributed by atoms with Gasteiger partial charge in [0, 0.05) is 16.2 Å². The molecule has 0 aliphatic carbocycles. The third-order valence-electron chi connectivity index (χ3n) is 3.24. The highest BCUT2D eigenvalue weighted by Gasteiger charge is 2.20. The molecular formula is C15H16FIN4O4. The van der Waals surface area contributed by atoms with Crippen LogP contribution in [0.2, 0.25) is 0 Å². The lowest BCUT2D eigenvalue weighted by atomic mass is 10.2. The van der Waals surface area contributed by atoms with Gasteiger partial charge in [-0.1, -0.05) is 0 Å². The van der Waals surface area contributed by atoms with Crippen LogP contribution in [0, 0.1) is 16.3 Å². The maximum Gasteiger partial charge on any atom is 0.297 e. The summed E-state index contributed by atoms with van der Waals surface area (Å²) in [4.78, 5) is 29.2. The van der Waals surface area contributed by atoms with Gasteiger partial charge in [0.1, 0.15) is 5.82 Å². The predicted octanol–water partition coefficient (Wildman–Crippen LogP) is 1.23. The van der Waals surface area contributed by atoms with Crippen LogP contribution in [0.4, 0.5) is 15.8 Å². The molecule has 0 spiro atoms. The highest BCUT2D eigenvalue weighted by atomic mass is 127. The third-order valence-corrected chi connectivity index (χ3v) is 3.91. The largest absolute Gasteiger partial charge is 0.394 e. The minimum atomic E-state index is -0.736. The first kappa shape index (κ1) is 19.3. The molecule has 10 heteroatoms. The molecule has 1 aromatic heterocycles. The molecule has 2 aromatic rings. The highest BCUT2D eigenvalue weighted by molar-refractivity contribution is 14.1. The van der Waals surface area contributed by atoms with Crippen LogP contribution in [0.1, 0.15) is 16.1 Å². The monoisotopic (exact) mass is 462 g/mol. The number of amides is 1. The van der Waals surface area contributed by atoms with Crippen molar-refractivity contribution in [3.8, 4) is 0 Å². The average molecular weight is 462 g/mol. The first-order chi connectivity index (χ1) is 11.8. The number of carbonyl (C=O) groups is 1. The van der Waals surface area contributed by atoms with Crippen LogP contribution < -0.4 is 16.4 Å². The van der Waals surface area contributed by atoms with E-state index >= 15 is 0 Å². The van der Waals surface area contributed by atoms with E-state index in [2.05, 4.69) is 15.9 Å². The van der Waals surface area contributed by atoms with Gasteiger partial charge in [-0.05, 0) is 47.7 Å². The SMILES string of the molecule is Cc1c(Nc2ccc(I)cc2F)c(C(=O)NOCCO)nn(C)c1=O. The van der Waals surface area contributed by atoms with Crippen LogP contribution in [0.15, 0.2) is 23.0 Å². The predicted molar refractivity (Wildman–Crippen MR) is 97.1 cm³/mol. The van der Waals surface area contributed by atoms with E-state index < -0.39 is 17.3 Å². The first-order valence-corrected chi connectivity index (χ1v) is 8.26. The van der Waals surface area contributed by atoms with Gasteiger partial charge in [-0.15, -0.1) is 0 Å². The summed E-state index contributed by atoms with van der Waals surface area (Å²) in [6, 6.07) is 4.49. The van der Waals surface area contributed by atoms with Crippen LogP contribution in [-0.2, 0) is 11.9 Å². The maximum atomic E-state index is 14.1.